The second-order valence-electron chi connectivity index (χ2n) is 6.41. The van der Waals surface area contributed by atoms with Gasteiger partial charge in [0.2, 0.25) is 0 Å². The number of ether oxygens (including phenoxy) is 1. The minimum Gasteiger partial charge on any atom is -0.444 e. The molecule has 0 aliphatic carbocycles. The van der Waals surface area contributed by atoms with E-state index in [2.05, 4.69) is 0 Å². The van der Waals surface area contributed by atoms with Crippen molar-refractivity contribution >= 4 is 11.9 Å². The zero-order chi connectivity index (χ0) is 16.5. The van der Waals surface area contributed by atoms with Crippen LogP contribution in [0.15, 0.2) is 18.2 Å². The predicted octanol–water partition coefficient (Wildman–Crippen LogP) is 3.26. The van der Waals surface area contributed by atoms with E-state index in [1.807, 2.05) is 0 Å². The van der Waals surface area contributed by atoms with Gasteiger partial charge in [0.1, 0.15) is 17.2 Å². The van der Waals surface area contributed by atoms with Crippen LogP contribution in [-0.2, 0) is 9.53 Å². The summed E-state index contributed by atoms with van der Waals surface area (Å²) >= 11 is 0. The first kappa shape index (κ1) is 16.4. The summed E-state index contributed by atoms with van der Waals surface area (Å²) in [5.41, 5.74) is -0.325. The maximum Gasteiger partial charge on any atom is 0.410 e. The number of piperidine rings is 1. The zero-order valence-corrected chi connectivity index (χ0v) is 12.9. The normalized spacial score (nSPS) is 19.2. The molecule has 6 heteroatoms. The molecule has 0 bridgehead atoms. The van der Waals surface area contributed by atoms with Crippen molar-refractivity contribution in [1.82, 2.24) is 4.90 Å². The minimum absolute atomic E-state index is 0.113. The molecule has 1 heterocycles. The molecular formula is C16H19F2NO3. The van der Waals surface area contributed by atoms with Crippen LogP contribution in [-0.4, -0.2) is 35.5 Å². The maximum atomic E-state index is 13.3. The Morgan fingerprint density at radius 1 is 1.23 bits per heavy atom. The highest BCUT2D eigenvalue weighted by Crippen LogP contribution is 2.27. The van der Waals surface area contributed by atoms with Crippen LogP contribution in [0.4, 0.5) is 13.6 Å². The molecule has 1 unspecified atom stereocenters. The Morgan fingerprint density at radius 2 is 1.82 bits per heavy atom. The summed E-state index contributed by atoms with van der Waals surface area (Å²) < 4.78 is 31.7. The number of hydrogen-bond acceptors (Lipinski definition) is 3. The number of carbonyl (C=O) groups excluding carboxylic acids is 2. The van der Waals surface area contributed by atoms with E-state index in [4.69, 9.17) is 4.74 Å². The lowest BCUT2D eigenvalue weighted by Gasteiger charge is -2.32. The summed E-state index contributed by atoms with van der Waals surface area (Å²) in [4.78, 5) is 25.5. The molecule has 1 aliphatic heterocycles. The van der Waals surface area contributed by atoms with E-state index in [9.17, 15) is 18.4 Å². The van der Waals surface area contributed by atoms with E-state index >= 15 is 0 Å². The molecule has 1 fully saturated rings. The lowest BCUT2D eigenvalue weighted by Crippen LogP contribution is -2.45. The van der Waals surface area contributed by atoms with Crippen LogP contribution in [0.2, 0.25) is 0 Å². The second-order valence-corrected chi connectivity index (χ2v) is 6.41. The molecule has 2 rings (SSSR count). The van der Waals surface area contributed by atoms with Gasteiger partial charge in [0.15, 0.2) is 5.78 Å². The number of halogens is 2. The number of benzene rings is 1. The zero-order valence-electron chi connectivity index (χ0n) is 12.9. The molecule has 120 valence electrons. The summed E-state index contributed by atoms with van der Waals surface area (Å²) in [6.07, 6.45) is -0.231. The molecule has 22 heavy (non-hydrogen) atoms. The smallest absolute Gasteiger partial charge is 0.410 e. The molecular weight excluding hydrogens is 292 g/mol. The van der Waals surface area contributed by atoms with Crippen LogP contribution in [0.25, 0.3) is 0 Å². The standard InChI is InChI=1S/C16H19F2NO3/c1-16(2,3)22-15(21)19-5-4-13(14(20)9-19)10-6-11(17)8-12(18)7-10/h6-8,13H,4-5,9H2,1-3H3. The van der Waals surface area contributed by atoms with Crippen LogP contribution in [0.3, 0.4) is 0 Å². The van der Waals surface area contributed by atoms with Gasteiger partial charge in [-0.1, -0.05) is 0 Å². The van der Waals surface area contributed by atoms with Gasteiger partial charge in [-0.25, -0.2) is 13.6 Å². The van der Waals surface area contributed by atoms with Crippen molar-refractivity contribution in [2.45, 2.75) is 38.7 Å². The van der Waals surface area contributed by atoms with Crippen molar-refractivity contribution in [3.05, 3.63) is 35.4 Å². The van der Waals surface area contributed by atoms with Gasteiger partial charge in [0, 0.05) is 18.5 Å². The Hall–Kier alpha value is -1.98. The van der Waals surface area contributed by atoms with Crippen molar-refractivity contribution in [1.29, 1.82) is 0 Å². The SMILES string of the molecule is CC(C)(C)OC(=O)N1CCC(c2cc(F)cc(F)c2)C(=O)C1. The van der Waals surface area contributed by atoms with Crippen molar-refractivity contribution in [2.75, 3.05) is 13.1 Å². The monoisotopic (exact) mass is 311 g/mol. The number of hydrogen-bond donors (Lipinski definition) is 0. The first-order chi connectivity index (χ1) is 10.2. The molecule has 1 aromatic carbocycles. The second kappa shape index (κ2) is 6.02. The Balaban J connectivity index is 2.07. The van der Waals surface area contributed by atoms with Crippen molar-refractivity contribution in [3.63, 3.8) is 0 Å². The topological polar surface area (TPSA) is 46.6 Å². The number of nitrogens with zero attached hydrogens (tertiary/aromatic N) is 1. The highest BCUT2D eigenvalue weighted by atomic mass is 19.1. The fraction of sp³-hybridized carbons (Fsp3) is 0.500. The van der Waals surface area contributed by atoms with E-state index in [1.54, 1.807) is 20.8 Å². The number of Topliss-reactive ketones (excluding diaryl/α,β-unsaturated/α-hetero) is 1. The number of rotatable bonds is 1. The molecule has 0 radical (unpaired) electrons. The summed E-state index contributed by atoms with van der Waals surface area (Å²) in [5, 5.41) is 0. The molecule has 4 nitrogen and oxygen atoms in total. The van der Waals surface area contributed by atoms with Crippen LogP contribution in [0, 0.1) is 11.6 Å². The number of amides is 1. The summed E-state index contributed by atoms with van der Waals surface area (Å²) in [5.74, 6) is -2.26. The summed E-state index contributed by atoms with van der Waals surface area (Å²) in [6, 6.07) is 3.09. The molecule has 1 saturated heterocycles. The number of carbonyl (C=O) groups is 2. The quantitative estimate of drug-likeness (QED) is 0.800. The molecule has 0 spiro atoms. The van der Waals surface area contributed by atoms with E-state index in [0.717, 1.165) is 18.2 Å². The largest absolute Gasteiger partial charge is 0.444 e. The van der Waals surface area contributed by atoms with E-state index in [-0.39, 0.29) is 12.3 Å². The molecule has 1 amide bonds. The van der Waals surface area contributed by atoms with Crippen LogP contribution >= 0.6 is 0 Å². The van der Waals surface area contributed by atoms with Gasteiger partial charge in [-0.15, -0.1) is 0 Å². The first-order valence-corrected chi connectivity index (χ1v) is 7.12. The van der Waals surface area contributed by atoms with Crippen molar-refractivity contribution in [3.8, 4) is 0 Å². The summed E-state index contributed by atoms with van der Waals surface area (Å²) in [7, 11) is 0. The van der Waals surface area contributed by atoms with Gasteiger partial charge in [0.25, 0.3) is 0 Å². The number of likely N-dealkylation sites (tertiary alicyclic amines) is 1. The van der Waals surface area contributed by atoms with E-state index in [1.165, 1.54) is 4.90 Å². The maximum absolute atomic E-state index is 13.3. The molecule has 1 atom stereocenters. The highest BCUT2D eigenvalue weighted by Gasteiger charge is 2.33. The highest BCUT2D eigenvalue weighted by molar-refractivity contribution is 5.90. The van der Waals surface area contributed by atoms with Crippen LogP contribution in [0.1, 0.15) is 38.7 Å². The van der Waals surface area contributed by atoms with Crippen LogP contribution < -0.4 is 0 Å². The molecule has 1 aliphatic rings. The summed E-state index contributed by atoms with van der Waals surface area (Å²) in [6.45, 7) is 5.43. The van der Waals surface area contributed by atoms with Gasteiger partial charge in [-0.05, 0) is 44.9 Å². The fourth-order valence-corrected chi connectivity index (χ4v) is 2.43. The Labute approximate surface area is 128 Å². The molecule has 0 N–H and O–H groups in total. The van der Waals surface area contributed by atoms with Gasteiger partial charge in [-0.3, -0.25) is 4.79 Å². The lowest BCUT2D eigenvalue weighted by molar-refractivity contribution is -0.123. The van der Waals surface area contributed by atoms with E-state index in [0.29, 0.717) is 18.5 Å². The third-order valence-corrected chi connectivity index (χ3v) is 3.36. The molecule has 0 saturated carbocycles. The average Bonchev–Trinajstić information content (AvgIpc) is 2.35. The molecule has 0 aromatic heterocycles. The minimum atomic E-state index is -0.711. The van der Waals surface area contributed by atoms with E-state index < -0.39 is 29.2 Å². The van der Waals surface area contributed by atoms with Gasteiger partial charge in [0.05, 0.1) is 6.54 Å². The van der Waals surface area contributed by atoms with Crippen molar-refractivity contribution in [2.24, 2.45) is 0 Å². The Kier molecular flexibility index (Phi) is 4.49. The van der Waals surface area contributed by atoms with Crippen LogP contribution in [0.5, 0.6) is 0 Å². The average molecular weight is 311 g/mol. The van der Waals surface area contributed by atoms with Gasteiger partial charge in [-0.2, -0.15) is 0 Å². The third kappa shape index (κ3) is 4.02. The Morgan fingerprint density at radius 3 is 2.32 bits per heavy atom. The van der Waals surface area contributed by atoms with Crippen molar-refractivity contribution < 1.29 is 23.1 Å². The molecule has 1 aromatic rings. The fourth-order valence-electron chi connectivity index (χ4n) is 2.43. The predicted molar refractivity (Wildman–Crippen MR) is 76.5 cm³/mol. The van der Waals surface area contributed by atoms with Gasteiger partial charge >= 0.3 is 6.09 Å². The third-order valence-electron chi connectivity index (χ3n) is 3.36. The first-order valence-electron chi connectivity index (χ1n) is 7.12. The Bertz CT molecular complexity index is 575. The number of ketones is 1. The van der Waals surface area contributed by atoms with Gasteiger partial charge < -0.3 is 9.64 Å². The lowest BCUT2D eigenvalue weighted by atomic mass is 9.88.